The first-order valence-corrected chi connectivity index (χ1v) is 8.45. The Labute approximate surface area is 162 Å². The molecule has 1 amide bonds. The molecule has 0 heterocycles. The summed E-state index contributed by atoms with van der Waals surface area (Å²) in [5.41, 5.74) is 1.58. The van der Waals surface area contributed by atoms with Gasteiger partial charge in [0.1, 0.15) is 5.75 Å². The van der Waals surface area contributed by atoms with Gasteiger partial charge in [-0.1, -0.05) is 24.3 Å². The molecule has 0 saturated heterocycles. The molecule has 0 bridgehead atoms. The molecule has 0 aromatic heterocycles. The minimum atomic E-state index is -0.997. The third-order valence-electron chi connectivity index (χ3n) is 3.77. The highest BCUT2D eigenvalue weighted by atomic mass is 16.5. The van der Waals surface area contributed by atoms with Gasteiger partial charge in [0.25, 0.3) is 5.91 Å². The summed E-state index contributed by atoms with van der Waals surface area (Å²) in [4.78, 5) is 35.5. The Balaban J connectivity index is 1.91. The molecule has 1 N–H and O–H groups in total. The van der Waals surface area contributed by atoms with Crippen LogP contribution in [0.25, 0.3) is 6.08 Å². The second-order valence-electron chi connectivity index (χ2n) is 5.72. The van der Waals surface area contributed by atoms with Gasteiger partial charge in [-0.2, -0.15) is 0 Å². The van der Waals surface area contributed by atoms with E-state index in [1.807, 2.05) is 0 Å². The second kappa shape index (κ2) is 9.91. The molecule has 0 spiro atoms. The molecule has 28 heavy (non-hydrogen) atoms. The van der Waals surface area contributed by atoms with E-state index in [4.69, 9.17) is 9.47 Å². The maximum Gasteiger partial charge on any atom is 0.337 e. The number of para-hydroxylation sites is 2. The van der Waals surface area contributed by atoms with Crippen molar-refractivity contribution < 1.29 is 28.6 Å². The Kier molecular flexibility index (Phi) is 7.33. The first kappa shape index (κ1) is 20.7. The number of methoxy groups -OCH3 is 2. The molecule has 0 fully saturated rings. The zero-order valence-corrected chi connectivity index (χ0v) is 15.8. The van der Waals surface area contributed by atoms with Crippen molar-refractivity contribution in [3.05, 3.63) is 65.7 Å². The van der Waals surface area contributed by atoms with Crippen LogP contribution in [0.1, 0.15) is 22.8 Å². The van der Waals surface area contributed by atoms with Crippen LogP contribution in [0, 0.1) is 0 Å². The van der Waals surface area contributed by atoms with Crippen molar-refractivity contribution in [2.24, 2.45) is 0 Å². The topological polar surface area (TPSA) is 90.9 Å². The van der Waals surface area contributed by atoms with Crippen LogP contribution in [0.4, 0.5) is 5.69 Å². The van der Waals surface area contributed by atoms with E-state index >= 15 is 0 Å². The molecule has 1 atom stereocenters. The number of ether oxygens (including phenoxy) is 3. The predicted octanol–water partition coefficient (Wildman–Crippen LogP) is 3.07. The Morgan fingerprint density at radius 1 is 1.00 bits per heavy atom. The van der Waals surface area contributed by atoms with Crippen molar-refractivity contribution in [2.45, 2.75) is 13.0 Å². The summed E-state index contributed by atoms with van der Waals surface area (Å²) in [6, 6.07) is 13.4. The van der Waals surface area contributed by atoms with E-state index in [0.29, 0.717) is 22.6 Å². The molecule has 0 aliphatic rings. The molecular formula is C21H21NO6. The molecule has 0 saturated carbocycles. The van der Waals surface area contributed by atoms with E-state index in [2.05, 4.69) is 10.1 Å². The normalized spacial score (nSPS) is 11.5. The van der Waals surface area contributed by atoms with Crippen molar-refractivity contribution in [1.29, 1.82) is 0 Å². The SMILES string of the molecule is COC(=O)c1ccc(/C=C/C(=O)O[C@@H](C)C(=O)Nc2ccccc2OC)cc1. The summed E-state index contributed by atoms with van der Waals surface area (Å²) in [6.07, 6.45) is 1.73. The van der Waals surface area contributed by atoms with Gasteiger partial charge in [0.2, 0.25) is 0 Å². The summed E-state index contributed by atoms with van der Waals surface area (Å²) in [5, 5.41) is 2.65. The average Bonchev–Trinajstić information content (AvgIpc) is 2.72. The van der Waals surface area contributed by atoms with Gasteiger partial charge < -0.3 is 19.5 Å². The van der Waals surface area contributed by atoms with Gasteiger partial charge >= 0.3 is 11.9 Å². The number of amides is 1. The molecule has 2 aromatic carbocycles. The molecule has 0 aliphatic carbocycles. The van der Waals surface area contributed by atoms with E-state index in [1.165, 1.54) is 33.3 Å². The number of carbonyl (C=O) groups excluding carboxylic acids is 3. The highest BCUT2D eigenvalue weighted by Gasteiger charge is 2.18. The lowest BCUT2D eigenvalue weighted by Gasteiger charge is -2.14. The second-order valence-corrected chi connectivity index (χ2v) is 5.72. The smallest absolute Gasteiger partial charge is 0.337 e. The van der Waals surface area contributed by atoms with Crippen molar-refractivity contribution >= 4 is 29.6 Å². The fraction of sp³-hybridized carbons (Fsp3) is 0.190. The van der Waals surface area contributed by atoms with E-state index in [-0.39, 0.29) is 0 Å². The Hall–Kier alpha value is -3.61. The fourth-order valence-electron chi connectivity index (χ4n) is 2.26. The lowest BCUT2D eigenvalue weighted by Crippen LogP contribution is -2.29. The Morgan fingerprint density at radius 2 is 1.68 bits per heavy atom. The number of hydrogen-bond acceptors (Lipinski definition) is 6. The quantitative estimate of drug-likeness (QED) is 0.584. The summed E-state index contributed by atoms with van der Waals surface area (Å²) in [6.45, 7) is 1.47. The number of nitrogens with one attached hydrogen (secondary N) is 1. The number of hydrogen-bond donors (Lipinski definition) is 1. The summed E-state index contributed by atoms with van der Waals surface area (Å²) < 4.78 is 14.9. The number of rotatable bonds is 7. The molecule has 0 aliphatic heterocycles. The number of anilines is 1. The highest BCUT2D eigenvalue weighted by Crippen LogP contribution is 2.23. The van der Waals surface area contributed by atoms with Crippen LogP contribution in [0.5, 0.6) is 5.75 Å². The van der Waals surface area contributed by atoms with Gasteiger partial charge in [0.05, 0.1) is 25.5 Å². The maximum atomic E-state index is 12.2. The fourth-order valence-corrected chi connectivity index (χ4v) is 2.26. The minimum Gasteiger partial charge on any atom is -0.495 e. The third-order valence-corrected chi connectivity index (χ3v) is 3.77. The van der Waals surface area contributed by atoms with Gasteiger partial charge in [0, 0.05) is 6.08 Å². The zero-order chi connectivity index (χ0) is 20.5. The largest absolute Gasteiger partial charge is 0.495 e. The van der Waals surface area contributed by atoms with Crippen LogP contribution < -0.4 is 10.1 Å². The maximum absolute atomic E-state index is 12.2. The first-order valence-electron chi connectivity index (χ1n) is 8.45. The van der Waals surface area contributed by atoms with E-state index in [0.717, 1.165) is 0 Å². The Morgan fingerprint density at radius 3 is 2.32 bits per heavy atom. The molecule has 146 valence electrons. The van der Waals surface area contributed by atoms with Gasteiger partial charge in [-0.05, 0) is 42.8 Å². The summed E-state index contributed by atoms with van der Waals surface area (Å²) >= 11 is 0. The van der Waals surface area contributed by atoms with Gasteiger partial charge in [-0.25, -0.2) is 9.59 Å². The number of benzene rings is 2. The van der Waals surface area contributed by atoms with Crippen LogP contribution in [-0.2, 0) is 19.1 Å². The van der Waals surface area contributed by atoms with Gasteiger partial charge in [0.15, 0.2) is 6.10 Å². The third kappa shape index (κ3) is 5.70. The highest BCUT2D eigenvalue weighted by molar-refractivity contribution is 5.97. The van der Waals surface area contributed by atoms with E-state index in [9.17, 15) is 14.4 Å². The van der Waals surface area contributed by atoms with Crippen LogP contribution in [0.2, 0.25) is 0 Å². The van der Waals surface area contributed by atoms with Crippen LogP contribution in [-0.4, -0.2) is 38.2 Å². The van der Waals surface area contributed by atoms with Crippen LogP contribution in [0.3, 0.4) is 0 Å². The standard InChI is InChI=1S/C21H21NO6/c1-14(20(24)22-17-6-4-5-7-18(17)26-2)28-19(23)13-10-15-8-11-16(12-9-15)21(25)27-3/h4-14H,1-3H3,(H,22,24)/b13-10+/t14-/m0/s1. The monoisotopic (exact) mass is 383 g/mol. The van der Waals surface area contributed by atoms with Gasteiger partial charge in [-0.3, -0.25) is 4.79 Å². The van der Waals surface area contributed by atoms with Crippen molar-refractivity contribution in [3.63, 3.8) is 0 Å². The summed E-state index contributed by atoms with van der Waals surface area (Å²) in [7, 11) is 2.80. The van der Waals surface area contributed by atoms with Crippen LogP contribution in [0.15, 0.2) is 54.6 Å². The zero-order valence-electron chi connectivity index (χ0n) is 15.8. The van der Waals surface area contributed by atoms with Crippen LogP contribution >= 0.6 is 0 Å². The number of carbonyl (C=O) groups is 3. The molecule has 2 rings (SSSR count). The lowest BCUT2D eigenvalue weighted by atomic mass is 10.1. The minimum absolute atomic E-state index is 0.406. The molecular weight excluding hydrogens is 362 g/mol. The Bertz CT molecular complexity index is 873. The summed E-state index contributed by atoms with van der Waals surface area (Å²) in [5.74, 6) is -1.08. The molecule has 7 nitrogen and oxygen atoms in total. The van der Waals surface area contributed by atoms with E-state index < -0.39 is 23.9 Å². The van der Waals surface area contributed by atoms with Crippen molar-refractivity contribution in [3.8, 4) is 5.75 Å². The van der Waals surface area contributed by atoms with Gasteiger partial charge in [-0.15, -0.1) is 0 Å². The predicted molar refractivity (Wildman–Crippen MR) is 104 cm³/mol. The molecule has 0 radical (unpaired) electrons. The molecule has 0 unspecified atom stereocenters. The first-order chi connectivity index (χ1) is 13.4. The van der Waals surface area contributed by atoms with Crippen molar-refractivity contribution in [2.75, 3.05) is 19.5 Å². The average molecular weight is 383 g/mol. The number of esters is 2. The van der Waals surface area contributed by atoms with Crippen molar-refractivity contribution in [1.82, 2.24) is 0 Å². The lowest BCUT2D eigenvalue weighted by molar-refractivity contribution is -0.148. The molecule has 2 aromatic rings. The van der Waals surface area contributed by atoms with E-state index in [1.54, 1.807) is 48.5 Å². The molecule has 7 heteroatoms.